The highest BCUT2D eigenvalue weighted by Crippen LogP contribution is 2.35. The number of aromatic nitrogens is 5. The summed E-state index contributed by atoms with van der Waals surface area (Å²) in [6.45, 7) is 0. The lowest BCUT2D eigenvalue weighted by Gasteiger charge is -2.12. The highest BCUT2D eigenvalue weighted by atomic mass is 15.0. The molecule has 46 heavy (non-hydrogen) atoms. The van der Waals surface area contributed by atoms with E-state index in [1.807, 2.05) is 60.8 Å². The van der Waals surface area contributed by atoms with Crippen molar-refractivity contribution in [1.82, 2.24) is 24.9 Å². The standard InChI is InChI=1S/C41H27N5/c1-3-11-28(12-4-1)29-20-22-31(23-21-29)40-44-39(30-13-5-2-6-14-30)45-41(46-40)36-18-10-15-33-34(36)16-9-17-35(33)38-25-24-32(27-43-38)37-19-7-8-26-42-37/h1-27H. The van der Waals surface area contributed by atoms with Crippen molar-refractivity contribution >= 4 is 10.8 Å². The lowest BCUT2D eigenvalue weighted by atomic mass is 9.97. The molecule has 0 bridgehead atoms. The van der Waals surface area contributed by atoms with Crippen molar-refractivity contribution in [3.63, 3.8) is 0 Å². The summed E-state index contributed by atoms with van der Waals surface area (Å²) in [7, 11) is 0. The van der Waals surface area contributed by atoms with Gasteiger partial charge in [0.2, 0.25) is 0 Å². The number of rotatable bonds is 6. The Morgan fingerprint density at radius 2 is 0.848 bits per heavy atom. The van der Waals surface area contributed by atoms with Gasteiger partial charge in [-0.2, -0.15) is 0 Å². The molecule has 0 saturated carbocycles. The Morgan fingerprint density at radius 3 is 1.50 bits per heavy atom. The first-order valence-corrected chi connectivity index (χ1v) is 15.2. The summed E-state index contributed by atoms with van der Waals surface area (Å²) < 4.78 is 0. The van der Waals surface area contributed by atoms with E-state index in [1.165, 1.54) is 5.56 Å². The van der Waals surface area contributed by atoms with E-state index < -0.39 is 0 Å². The Kier molecular flexibility index (Phi) is 7.09. The molecule has 0 atom stereocenters. The van der Waals surface area contributed by atoms with Crippen molar-refractivity contribution in [1.29, 1.82) is 0 Å². The summed E-state index contributed by atoms with van der Waals surface area (Å²) in [6.07, 6.45) is 3.68. The summed E-state index contributed by atoms with van der Waals surface area (Å²) >= 11 is 0. The number of nitrogens with zero attached hydrogens (tertiary/aromatic N) is 5. The monoisotopic (exact) mass is 589 g/mol. The van der Waals surface area contributed by atoms with Gasteiger partial charge < -0.3 is 0 Å². The van der Waals surface area contributed by atoms with Crippen molar-refractivity contribution in [2.24, 2.45) is 0 Å². The third-order valence-electron chi connectivity index (χ3n) is 8.08. The second kappa shape index (κ2) is 12.0. The molecule has 8 aromatic rings. The number of benzene rings is 5. The molecule has 216 valence electrons. The normalized spacial score (nSPS) is 11.0. The van der Waals surface area contributed by atoms with Crippen LogP contribution in [0.25, 0.3) is 78.6 Å². The Bertz CT molecular complexity index is 2270. The number of pyridine rings is 2. The van der Waals surface area contributed by atoms with Crippen LogP contribution in [0.4, 0.5) is 0 Å². The predicted molar refractivity (Wildman–Crippen MR) is 186 cm³/mol. The Labute approximate surface area is 267 Å². The lowest BCUT2D eigenvalue weighted by molar-refractivity contribution is 1.08. The average Bonchev–Trinajstić information content (AvgIpc) is 3.15. The van der Waals surface area contributed by atoms with E-state index in [0.717, 1.165) is 55.5 Å². The molecule has 5 nitrogen and oxygen atoms in total. The molecular weight excluding hydrogens is 562 g/mol. The van der Waals surface area contributed by atoms with Gasteiger partial charge in [0, 0.05) is 40.2 Å². The maximum absolute atomic E-state index is 5.05. The molecule has 0 unspecified atom stereocenters. The summed E-state index contributed by atoms with van der Waals surface area (Å²) in [5.74, 6) is 1.88. The van der Waals surface area contributed by atoms with E-state index in [0.29, 0.717) is 17.5 Å². The van der Waals surface area contributed by atoms with Gasteiger partial charge in [-0.25, -0.2) is 15.0 Å². The van der Waals surface area contributed by atoms with Crippen LogP contribution in [0.3, 0.4) is 0 Å². The summed E-state index contributed by atoms with van der Waals surface area (Å²) in [5.41, 5.74) is 8.93. The highest BCUT2D eigenvalue weighted by molar-refractivity contribution is 6.03. The fourth-order valence-corrected chi connectivity index (χ4v) is 5.75. The zero-order valence-corrected chi connectivity index (χ0v) is 24.8. The van der Waals surface area contributed by atoms with Gasteiger partial charge in [0.05, 0.1) is 11.4 Å². The second-order valence-corrected chi connectivity index (χ2v) is 11.0. The zero-order chi connectivity index (χ0) is 30.7. The van der Waals surface area contributed by atoms with Crippen LogP contribution in [0, 0.1) is 0 Å². The highest BCUT2D eigenvalue weighted by Gasteiger charge is 2.16. The van der Waals surface area contributed by atoms with Gasteiger partial charge in [-0.1, -0.05) is 127 Å². The van der Waals surface area contributed by atoms with Crippen LogP contribution in [-0.4, -0.2) is 24.9 Å². The first-order chi connectivity index (χ1) is 22.8. The van der Waals surface area contributed by atoms with Crippen LogP contribution in [0.1, 0.15) is 0 Å². The molecule has 3 heterocycles. The molecule has 0 N–H and O–H groups in total. The van der Waals surface area contributed by atoms with Crippen LogP contribution in [-0.2, 0) is 0 Å². The van der Waals surface area contributed by atoms with Gasteiger partial charge in [0.25, 0.3) is 0 Å². The van der Waals surface area contributed by atoms with Crippen LogP contribution in [0.5, 0.6) is 0 Å². The minimum atomic E-state index is 0.622. The molecule has 0 saturated heterocycles. The smallest absolute Gasteiger partial charge is 0.164 e. The predicted octanol–water partition coefficient (Wildman–Crippen LogP) is 9.82. The van der Waals surface area contributed by atoms with Gasteiger partial charge in [-0.15, -0.1) is 0 Å². The second-order valence-electron chi connectivity index (χ2n) is 11.0. The molecule has 0 spiro atoms. The number of hydrogen-bond acceptors (Lipinski definition) is 5. The molecule has 0 aliphatic rings. The van der Waals surface area contributed by atoms with Gasteiger partial charge in [-0.05, 0) is 46.2 Å². The van der Waals surface area contributed by atoms with Crippen molar-refractivity contribution in [2.75, 3.05) is 0 Å². The van der Waals surface area contributed by atoms with Gasteiger partial charge in [-0.3, -0.25) is 9.97 Å². The van der Waals surface area contributed by atoms with Crippen molar-refractivity contribution in [3.8, 4) is 67.8 Å². The van der Waals surface area contributed by atoms with E-state index in [1.54, 1.807) is 6.20 Å². The van der Waals surface area contributed by atoms with Crippen molar-refractivity contribution in [3.05, 3.63) is 164 Å². The Morgan fingerprint density at radius 1 is 0.304 bits per heavy atom. The summed E-state index contributed by atoms with van der Waals surface area (Å²) in [4.78, 5) is 24.3. The average molecular weight is 590 g/mol. The van der Waals surface area contributed by atoms with Crippen LogP contribution < -0.4 is 0 Å². The molecule has 0 amide bonds. The summed E-state index contributed by atoms with van der Waals surface area (Å²) in [5, 5.41) is 2.12. The van der Waals surface area contributed by atoms with Crippen molar-refractivity contribution < 1.29 is 0 Å². The molecule has 3 aromatic heterocycles. The van der Waals surface area contributed by atoms with Gasteiger partial charge in [0.1, 0.15) is 0 Å². The van der Waals surface area contributed by atoms with Gasteiger partial charge in [0.15, 0.2) is 17.5 Å². The van der Waals surface area contributed by atoms with Crippen LogP contribution >= 0.6 is 0 Å². The molecule has 5 heteroatoms. The fraction of sp³-hybridized carbons (Fsp3) is 0. The topological polar surface area (TPSA) is 64.5 Å². The van der Waals surface area contributed by atoms with E-state index in [4.69, 9.17) is 19.9 Å². The third kappa shape index (κ3) is 5.31. The summed E-state index contributed by atoms with van der Waals surface area (Å²) in [6, 6.07) is 51.4. The first-order valence-electron chi connectivity index (χ1n) is 15.2. The van der Waals surface area contributed by atoms with Crippen LogP contribution in [0.15, 0.2) is 164 Å². The maximum atomic E-state index is 5.05. The van der Waals surface area contributed by atoms with E-state index in [9.17, 15) is 0 Å². The first kappa shape index (κ1) is 27.2. The molecule has 5 aromatic carbocycles. The maximum Gasteiger partial charge on any atom is 0.164 e. The number of hydrogen-bond donors (Lipinski definition) is 0. The molecule has 0 aliphatic carbocycles. The van der Waals surface area contributed by atoms with Crippen LogP contribution in [0.2, 0.25) is 0 Å². The Balaban J connectivity index is 1.23. The van der Waals surface area contributed by atoms with E-state index >= 15 is 0 Å². The van der Waals surface area contributed by atoms with E-state index in [2.05, 4.69) is 102 Å². The minimum Gasteiger partial charge on any atom is -0.256 e. The molecule has 0 fully saturated rings. The SMILES string of the molecule is c1ccc(-c2ccc(-c3nc(-c4ccccc4)nc(-c4cccc5c(-c6ccc(-c7ccccn7)cn6)cccc45)n3)cc2)cc1. The zero-order valence-electron chi connectivity index (χ0n) is 24.8. The minimum absolute atomic E-state index is 0.622. The largest absolute Gasteiger partial charge is 0.256 e. The molecule has 0 radical (unpaired) electrons. The fourth-order valence-electron chi connectivity index (χ4n) is 5.75. The van der Waals surface area contributed by atoms with E-state index in [-0.39, 0.29) is 0 Å². The molecule has 8 rings (SSSR count). The van der Waals surface area contributed by atoms with Crippen molar-refractivity contribution in [2.45, 2.75) is 0 Å². The van der Waals surface area contributed by atoms with Gasteiger partial charge >= 0.3 is 0 Å². The third-order valence-corrected chi connectivity index (χ3v) is 8.08. The number of fused-ring (bicyclic) bond motifs is 1. The Hall–Kier alpha value is -6.33. The lowest BCUT2D eigenvalue weighted by Crippen LogP contribution is -2.00. The molecule has 0 aliphatic heterocycles. The molecular formula is C41H27N5. The quantitative estimate of drug-likeness (QED) is 0.193.